The van der Waals surface area contributed by atoms with E-state index < -0.39 is 12.1 Å². The molecule has 6 nitrogen and oxygen atoms in total. The second kappa shape index (κ2) is 59.2. The number of esters is 1. The number of carbonyl (C=O) groups is 2. The number of nitrogens with one attached hydrogen (secondary N) is 1. The topological polar surface area (TPSA) is 95.9 Å². The molecule has 0 fully saturated rings. The van der Waals surface area contributed by atoms with Crippen LogP contribution < -0.4 is 5.32 Å². The first-order chi connectivity index (χ1) is 34.0. The first-order valence-electron chi connectivity index (χ1n) is 31.4. The third-order valence-corrected chi connectivity index (χ3v) is 14.8. The van der Waals surface area contributed by atoms with Gasteiger partial charge in [0.25, 0.3) is 0 Å². The van der Waals surface area contributed by atoms with Crippen LogP contribution in [-0.4, -0.2) is 47.4 Å². The number of amides is 1. The highest BCUT2D eigenvalue weighted by molar-refractivity contribution is 5.76. The Hall–Kier alpha value is -1.40. The fourth-order valence-corrected chi connectivity index (χ4v) is 9.99. The molecule has 1 amide bonds. The normalized spacial score (nSPS) is 12.6. The number of hydrogen-bond donors (Lipinski definition) is 3. The summed E-state index contributed by atoms with van der Waals surface area (Å²) in [5, 5.41) is 23.3. The second-order valence-electron chi connectivity index (χ2n) is 21.7. The second-order valence-corrected chi connectivity index (χ2v) is 21.7. The molecule has 0 rings (SSSR count). The summed E-state index contributed by atoms with van der Waals surface area (Å²) in [7, 11) is 0. The van der Waals surface area contributed by atoms with Gasteiger partial charge in [-0.2, -0.15) is 0 Å². The zero-order chi connectivity index (χ0) is 50.0. The molecule has 0 aromatic rings. The van der Waals surface area contributed by atoms with Gasteiger partial charge in [-0.1, -0.05) is 302 Å². The Morgan fingerprint density at radius 2 is 0.681 bits per heavy atom. The summed E-state index contributed by atoms with van der Waals surface area (Å²) < 4.78 is 5.48. The molecule has 0 aliphatic heterocycles. The van der Waals surface area contributed by atoms with Crippen molar-refractivity contribution in [2.75, 3.05) is 13.2 Å². The highest BCUT2D eigenvalue weighted by Gasteiger charge is 2.20. The van der Waals surface area contributed by atoms with Crippen molar-refractivity contribution in [2.24, 2.45) is 0 Å². The third kappa shape index (κ3) is 55.8. The van der Waals surface area contributed by atoms with Crippen molar-refractivity contribution >= 4 is 11.9 Å². The zero-order valence-electron chi connectivity index (χ0n) is 46.8. The maximum Gasteiger partial charge on any atom is 0.305 e. The quantitative estimate of drug-likeness (QED) is 0.0321. The van der Waals surface area contributed by atoms with Crippen molar-refractivity contribution < 1.29 is 24.5 Å². The molecule has 0 saturated heterocycles. The van der Waals surface area contributed by atoms with Gasteiger partial charge in [-0.05, 0) is 51.4 Å². The third-order valence-electron chi connectivity index (χ3n) is 14.8. The summed E-state index contributed by atoms with van der Waals surface area (Å²) in [6.45, 7) is 4.97. The van der Waals surface area contributed by atoms with Gasteiger partial charge in [0.2, 0.25) is 5.91 Å². The van der Waals surface area contributed by atoms with E-state index in [0.717, 1.165) is 38.5 Å². The Morgan fingerprint density at radius 3 is 1.03 bits per heavy atom. The average molecular weight is 975 g/mol. The molecule has 3 N–H and O–H groups in total. The number of unbranched alkanes of at least 4 members (excludes halogenated alkanes) is 46. The minimum atomic E-state index is -0.665. The summed E-state index contributed by atoms with van der Waals surface area (Å²) in [6, 6.07) is -0.542. The zero-order valence-corrected chi connectivity index (χ0v) is 46.8. The Morgan fingerprint density at radius 1 is 0.391 bits per heavy atom. The summed E-state index contributed by atoms with van der Waals surface area (Å²) >= 11 is 0. The van der Waals surface area contributed by atoms with Crippen LogP contribution in [0.5, 0.6) is 0 Å². The molecule has 0 radical (unpaired) electrons. The van der Waals surface area contributed by atoms with Crippen LogP contribution in [-0.2, 0) is 14.3 Å². The molecule has 0 saturated carbocycles. The maximum atomic E-state index is 12.5. The molecule has 6 heteroatoms. The summed E-state index contributed by atoms with van der Waals surface area (Å²) in [4.78, 5) is 24.5. The first kappa shape index (κ1) is 67.6. The number of rotatable bonds is 59. The number of aliphatic hydroxyl groups is 2. The van der Waals surface area contributed by atoms with E-state index in [9.17, 15) is 19.8 Å². The smallest absolute Gasteiger partial charge is 0.305 e. The van der Waals surface area contributed by atoms with Gasteiger partial charge >= 0.3 is 5.97 Å². The van der Waals surface area contributed by atoms with Crippen LogP contribution in [0, 0.1) is 0 Å². The van der Waals surface area contributed by atoms with Crippen LogP contribution in [0.3, 0.4) is 0 Å². The molecule has 0 aliphatic carbocycles. The fourth-order valence-electron chi connectivity index (χ4n) is 9.99. The van der Waals surface area contributed by atoms with E-state index in [0.29, 0.717) is 25.9 Å². The monoisotopic (exact) mass is 974 g/mol. The minimum absolute atomic E-state index is 0.0156. The van der Waals surface area contributed by atoms with E-state index in [1.165, 1.54) is 283 Å². The van der Waals surface area contributed by atoms with Crippen LogP contribution in [0.2, 0.25) is 0 Å². The number of aliphatic hydroxyl groups excluding tert-OH is 2. The van der Waals surface area contributed by atoms with Gasteiger partial charge in [-0.25, -0.2) is 0 Å². The fraction of sp³-hybridized carbons (Fsp3) is 0.937. The molecule has 0 aromatic heterocycles. The lowest BCUT2D eigenvalue weighted by atomic mass is 10.0. The molecule has 2 unspecified atom stereocenters. The van der Waals surface area contributed by atoms with Crippen LogP contribution in [0.15, 0.2) is 12.2 Å². The van der Waals surface area contributed by atoms with Crippen LogP contribution in [0.4, 0.5) is 0 Å². The SMILES string of the molecule is CCCCCCCCCCCCCCCCC(O)C(CO)NC(=O)CCCCCCCCCCC/C=C\CCCCCCCCCCCCCCOC(=O)CCCCCCCCCCCCCCC. The Labute approximate surface area is 431 Å². The van der Waals surface area contributed by atoms with Gasteiger partial charge in [-0.15, -0.1) is 0 Å². The lowest BCUT2D eigenvalue weighted by Crippen LogP contribution is -2.45. The number of ether oxygens (including phenoxy) is 1. The predicted molar refractivity (Wildman–Crippen MR) is 301 cm³/mol. The lowest BCUT2D eigenvalue weighted by molar-refractivity contribution is -0.143. The summed E-state index contributed by atoms with van der Waals surface area (Å²) in [6.07, 6.45) is 70.8. The van der Waals surface area contributed by atoms with Crippen LogP contribution >= 0.6 is 0 Å². The first-order valence-corrected chi connectivity index (χ1v) is 31.4. The van der Waals surface area contributed by atoms with Crippen molar-refractivity contribution in [3.63, 3.8) is 0 Å². The molecule has 0 aliphatic rings. The molecule has 2 atom stereocenters. The molecular formula is C63H123NO5. The van der Waals surface area contributed by atoms with E-state index in [-0.39, 0.29) is 18.5 Å². The van der Waals surface area contributed by atoms with E-state index in [2.05, 4.69) is 31.3 Å². The average Bonchev–Trinajstić information content (AvgIpc) is 3.35. The molecule has 0 heterocycles. The van der Waals surface area contributed by atoms with E-state index in [1.807, 2.05) is 0 Å². The van der Waals surface area contributed by atoms with E-state index >= 15 is 0 Å². The van der Waals surface area contributed by atoms with Gasteiger partial charge < -0.3 is 20.3 Å². The standard InChI is InChI=1S/C63H123NO5/c1-3-5-7-9-11-13-15-17-32-35-39-43-47-51-55-61(66)60(59-65)64-62(67)56-52-48-44-40-36-33-29-27-25-23-21-19-18-20-22-24-26-28-30-34-38-42-46-50-54-58-69-63(68)57-53-49-45-41-37-31-16-14-12-10-8-6-4-2/h19,21,60-61,65-66H,3-18,20,22-59H2,1-2H3,(H,64,67)/b21-19-. The highest BCUT2D eigenvalue weighted by Crippen LogP contribution is 2.18. The molecule has 0 aromatic carbocycles. The number of hydrogen-bond acceptors (Lipinski definition) is 5. The van der Waals surface area contributed by atoms with Crippen molar-refractivity contribution in [1.82, 2.24) is 5.32 Å². The minimum Gasteiger partial charge on any atom is -0.466 e. The highest BCUT2D eigenvalue weighted by atomic mass is 16.5. The van der Waals surface area contributed by atoms with Crippen molar-refractivity contribution in [3.8, 4) is 0 Å². The van der Waals surface area contributed by atoms with Crippen molar-refractivity contribution in [2.45, 2.75) is 366 Å². The number of carbonyl (C=O) groups excluding carboxylic acids is 2. The van der Waals surface area contributed by atoms with E-state index in [4.69, 9.17) is 4.74 Å². The molecule has 410 valence electrons. The molecule has 69 heavy (non-hydrogen) atoms. The predicted octanol–water partition coefficient (Wildman–Crippen LogP) is 19.6. The van der Waals surface area contributed by atoms with Gasteiger partial charge in [-0.3, -0.25) is 9.59 Å². The Kier molecular flexibility index (Phi) is 58.0. The van der Waals surface area contributed by atoms with Gasteiger partial charge in [0, 0.05) is 12.8 Å². The molecule has 0 bridgehead atoms. The van der Waals surface area contributed by atoms with Gasteiger partial charge in [0.05, 0.1) is 25.4 Å². The lowest BCUT2D eigenvalue weighted by Gasteiger charge is -2.22. The maximum absolute atomic E-state index is 12.5. The van der Waals surface area contributed by atoms with Gasteiger partial charge in [0.1, 0.15) is 0 Å². The molecular weight excluding hydrogens is 851 g/mol. The Bertz CT molecular complexity index is 1030. The largest absolute Gasteiger partial charge is 0.466 e. The molecule has 0 spiro atoms. The summed E-state index contributed by atoms with van der Waals surface area (Å²) in [5.41, 5.74) is 0. The number of allylic oxidation sites excluding steroid dienone is 2. The van der Waals surface area contributed by atoms with Crippen LogP contribution in [0.1, 0.15) is 354 Å². The Balaban J connectivity index is 3.38. The van der Waals surface area contributed by atoms with Crippen molar-refractivity contribution in [1.29, 1.82) is 0 Å². The summed E-state index contributed by atoms with van der Waals surface area (Å²) in [5.74, 6) is -0.0203. The van der Waals surface area contributed by atoms with E-state index in [1.54, 1.807) is 0 Å². The van der Waals surface area contributed by atoms with Gasteiger partial charge in [0.15, 0.2) is 0 Å². The van der Waals surface area contributed by atoms with Crippen LogP contribution in [0.25, 0.3) is 0 Å². The van der Waals surface area contributed by atoms with Crippen molar-refractivity contribution in [3.05, 3.63) is 12.2 Å².